The number of rotatable bonds is 4. The number of carbonyl (C=O) groups is 1. The molecule has 0 aliphatic heterocycles. The molecule has 1 aliphatic rings. The molecule has 0 saturated carbocycles. The van der Waals surface area contributed by atoms with Gasteiger partial charge in [0.15, 0.2) is 0 Å². The van der Waals surface area contributed by atoms with Crippen molar-refractivity contribution < 1.29 is 9.90 Å². The fourth-order valence-electron chi connectivity index (χ4n) is 3.45. The van der Waals surface area contributed by atoms with Gasteiger partial charge in [0.2, 0.25) is 0 Å². The minimum absolute atomic E-state index is 0.0321. The van der Waals surface area contributed by atoms with Crippen LogP contribution < -0.4 is 4.90 Å². The number of anilines is 1. The highest BCUT2D eigenvalue weighted by Gasteiger charge is 2.31. The van der Waals surface area contributed by atoms with Crippen LogP contribution in [0.1, 0.15) is 20.3 Å². The normalized spacial score (nSPS) is 20.7. The number of carboxylic acid groups (broad SMARTS) is 1. The predicted molar refractivity (Wildman–Crippen MR) is 93.7 cm³/mol. The van der Waals surface area contributed by atoms with Crippen molar-refractivity contribution in [1.82, 2.24) is 14.5 Å². The van der Waals surface area contributed by atoms with E-state index in [2.05, 4.69) is 16.9 Å². The maximum absolute atomic E-state index is 11.4. The summed E-state index contributed by atoms with van der Waals surface area (Å²) in [6.07, 6.45) is 8.04. The van der Waals surface area contributed by atoms with Gasteiger partial charge in [0, 0.05) is 37.3 Å². The number of hydrogen-bond donors (Lipinski definition) is 1. The minimum Gasteiger partial charge on any atom is -0.478 e. The van der Waals surface area contributed by atoms with Crippen molar-refractivity contribution in [3.63, 3.8) is 0 Å². The van der Waals surface area contributed by atoms with Crippen molar-refractivity contribution in [3.05, 3.63) is 42.0 Å². The summed E-state index contributed by atoms with van der Waals surface area (Å²) in [5, 5.41) is 9.36. The molecule has 6 heteroatoms. The lowest BCUT2D eigenvalue weighted by Gasteiger charge is -2.34. The molecule has 2 heterocycles. The number of pyridine rings is 1. The molecular formula is C18H22N4O2. The van der Waals surface area contributed by atoms with Gasteiger partial charge >= 0.3 is 5.97 Å². The molecule has 0 radical (unpaired) electrons. The van der Waals surface area contributed by atoms with Crippen LogP contribution in [0.5, 0.6) is 0 Å². The molecule has 24 heavy (non-hydrogen) atoms. The average molecular weight is 326 g/mol. The molecule has 0 bridgehead atoms. The summed E-state index contributed by atoms with van der Waals surface area (Å²) < 4.78 is 1.96. The van der Waals surface area contributed by atoms with E-state index in [0.717, 1.165) is 29.0 Å². The maximum Gasteiger partial charge on any atom is 0.331 e. The standard InChI is InChI=1S/C18H22N4O2/c1-5-12-11(2)13(18(23)24)6-7-15(12)22(4)17-8-16-14(9-19-17)20-10-21(16)3/h6-12H,5H2,1-4H3,(H,23,24). The zero-order chi connectivity index (χ0) is 17.4. The van der Waals surface area contributed by atoms with Crippen LogP contribution in [0.2, 0.25) is 0 Å². The molecule has 2 atom stereocenters. The van der Waals surface area contributed by atoms with Crippen LogP contribution in [0.15, 0.2) is 42.0 Å². The number of hydrogen-bond acceptors (Lipinski definition) is 4. The van der Waals surface area contributed by atoms with Crippen LogP contribution in [-0.4, -0.2) is 32.7 Å². The lowest BCUT2D eigenvalue weighted by Crippen LogP contribution is -2.31. The largest absolute Gasteiger partial charge is 0.478 e. The minimum atomic E-state index is -0.840. The zero-order valence-electron chi connectivity index (χ0n) is 14.4. The third kappa shape index (κ3) is 2.58. The molecule has 3 rings (SSSR count). The summed E-state index contributed by atoms with van der Waals surface area (Å²) in [5.41, 5.74) is 3.44. The quantitative estimate of drug-likeness (QED) is 0.935. The molecule has 0 amide bonds. The first-order chi connectivity index (χ1) is 11.4. The molecule has 2 unspecified atom stereocenters. The van der Waals surface area contributed by atoms with Crippen molar-refractivity contribution >= 4 is 22.8 Å². The highest BCUT2D eigenvalue weighted by Crippen LogP contribution is 2.36. The van der Waals surface area contributed by atoms with Crippen LogP contribution in [0.3, 0.4) is 0 Å². The Morgan fingerprint density at radius 3 is 2.79 bits per heavy atom. The molecular weight excluding hydrogens is 304 g/mol. The summed E-state index contributed by atoms with van der Waals surface area (Å²) in [7, 11) is 3.93. The first kappa shape index (κ1) is 16.2. The summed E-state index contributed by atoms with van der Waals surface area (Å²) >= 11 is 0. The van der Waals surface area contributed by atoms with E-state index < -0.39 is 5.97 Å². The first-order valence-electron chi connectivity index (χ1n) is 8.09. The smallest absolute Gasteiger partial charge is 0.331 e. The number of fused-ring (bicyclic) bond motifs is 1. The molecule has 1 aliphatic carbocycles. The van der Waals surface area contributed by atoms with Gasteiger partial charge in [-0.3, -0.25) is 0 Å². The highest BCUT2D eigenvalue weighted by molar-refractivity contribution is 5.88. The van der Waals surface area contributed by atoms with Crippen LogP contribution in [0.25, 0.3) is 11.0 Å². The third-order valence-electron chi connectivity index (χ3n) is 4.92. The fraction of sp³-hybridized carbons (Fsp3) is 0.389. The van der Waals surface area contributed by atoms with Crippen molar-refractivity contribution in [2.75, 3.05) is 11.9 Å². The van der Waals surface area contributed by atoms with E-state index >= 15 is 0 Å². The molecule has 2 aromatic heterocycles. The molecule has 6 nitrogen and oxygen atoms in total. The Balaban J connectivity index is 2.01. The summed E-state index contributed by atoms with van der Waals surface area (Å²) in [6, 6.07) is 2.01. The van der Waals surface area contributed by atoms with Gasteiger partial charge in [0.05, 0.1) is 18.0 Å². The van der Waals surface area contributed by atoms with Crippen LogP contribution in [0.4, 0.5) is 5.82 Å². The van der Waals surface area contributed by atoms with E-state index in [0.29, 0.717) is 5.57 Å². The second-order valence-corrected chi connectivity index (χ2v) is 6.27. The molecule has 1 N–H and O–H groups in total. The Morgan fingerprint density at radius 1 is 1.38 bits per heavy atom. The van der Waals surface area contributed by atoms with E-state index in [1.807, 2.05) is 42.6 Å². The van der Waals surface area contributed by atoms with Crippen molar-refractivity contribution in [1.29, 1.82) is 0 Å². The summed E-state index contributed by atoms with van der Waals surface area (Å²) in [4.78, 5) is 22.3. The van der Waals surface area contributed by atoms with Crippen molar-refractivity contribution in [3.8, 4) is 0 Å². The van der Waals surface area contributed by atoms with E-state index in [9.17, 15) is 9.90 Å². The topological polar surface area (TPSA) is 71.2 Å². The van der Waals surface area contributed by atoms with Gasteiger partial charge in [-0.1, -0.05) is 13.8 Å². The lowest BCUT2D eigenvalue weighted by atomic mass is 9.79. The predicted octanol–water partition coefficient (Wildman–Crippen LogP) is 2.98. The zero-order valence-corrected chi connectivity index (χ0v) is 14.4. The molecule has 2 aromatic rings. The number of aromatic nitrogens is 3. The van der Waals surface area contributed by atoms with Gasteiger partial charge in [-0.15, -0.1) is 0 Å². The van der Waals surface area contributed by atoms with E-state index in [4.69, 9.17) is 0 Å². The Morgan fingerprint density at radius 2 is 2.12 bits per heavy atom. The van der Waals surface area contributed by atoms with Gasteiger partial charge < -0.3 is 14.6 Å². The molecule has 0 saturated heterocycles. The number of aliphatic carboxylic acids is 1. The Kier molecular flexibility index (Phi) is 4.13. The van der Waals surface area contributed by atoms with Crippen molar-refractivity contribution in [2.24, 2.45) is 18.9 Å². The summed E-state index contributed by atoms with van der Waals surface area (Å²) in [6.45, 7) is 4.07. The van der Waals surface area contributed by atoms with E-state index in [-0.39, 0.29) is 11.8 Å². The summed E-state index contributed by atoms with van der Waals surface area (Å²) in [5.74, 6) is 0.106. The van der Waals surface area contributed by atoms with Crippen molar-refractivity contribution in [2.45, 2.75) is 20.3 Å². The first-order valence-corrected chi connectivity index (χ1v) is 8.09. The Bertz CT molecular complexity index is 850. The second kappa shape index (κ2) is 6.11. The number of imidazole rings is 1. The third-order valence-corrected chi connectivity index (χ3v) is 4.92. The van der Waals surface area contributed by atoms with Gasteiger partial charge in [-0.2, -0.15) is 0 Å². The van der Waals surface area contributed by atoms with E-state index in [1.165, 1.54) is 0 Å². The SMILES string of the molecule is CCC1C(N(C)c2cc3c(cn2)ncn3C)=CC=C(C(=O)O)C1C. The molecule has 0 aromatic carbocycles. The molecule has 126 valence electrons. The number of carboxylic acids is 1. The van der Waals surface area contributed by atoms with Gasteiger partial charge in [0.25, 0.3) is 0 Å². The number of allylic oxidation sites excluding steroid dienone is 3. The number of aryl methyl sites for hydroxylation is 1. The van der Waals surface area contributed by atoms with Gasteiger partial charge in [-0.25, -0.2) is 14.8 Å². The number of nitrogens with zero attached hydrogens (tertiary/aromatic N) is 4. The Labute approximate surface area is 141 Å². The molecule has 0 spiro atoms. The van der Waals surface area contributed by atoms with Crippen LogP contribution in [-0.2, 0) is 11.8 Å². The molecule has 0 fully saturated rings. The van der Waals surface area contributed by atoms with Crippen LogP contribution >= 0.6 is 0 Å². The maximum atomic E-state index is 11.4. The fourth-order valence-corrected chi connectivity index (χ4v) is 3.45. The second-order valence-electron chi connectivity index (χ2n) is 6.27. The monoisotopic (exact) mass is 326 g/mol. The average Bonchev–Trinajstić information content (AvgIpc) is 2.94. The highest BCUT2D eigenvalue weighted by atomic mass is 16.4. The lowest BCUT2D eigenvalue weighted by molar-refractivity contribution is -0.133. The van der Waals surface area contributed by atoms with Gasteiger partial charge in [-0.05, 0) is 24.5 Å². The van der Waals surface area contributed by atoms with Crippen LogP contribution in [0, 0.1) is 11.8 Å². The van der Waals surface area contributed by atoms with E-state index in [1.54, 1.807) is 18.6 Å². The Hall–Kier alpha value is -2.63. The van der Waals surface area contributed by atoms with Gasteiger partial charge in [0.1, 0.15) is 11.3 Å².